The maximum atomic E-state index is 11.8. The third-order valence-corrected chi connectivity index (χ3v) is 4.22. The summed E-state index contributed by atoms with van der Waals surface area (Å²) >= 11 is 1.88. The van der Waals surface area contributed by atoms with Crippen molar-refractivity contribution in [1.82, 2.24) is 5.32 Å². The SMILES string of the molecule is Nc1cccc(C(=O)NCC2CCCS2)c1O. The number of amides is 1. The van der Waals surface area contributed by atoms with Crippen molar-refractivity contribution < 1.29 is 9.90 Å². The smallest absolute Gasteiger partial charge is 0.255 e. The Bertz CT molecular complexity index is 417. The van der Waals surface area contributed by atoms with E-state index in [1.165, 1.54) is 12.2 Å². The lowest BCUT2D eigenvalue weighted by Crippen LogP contribution is -2.29. The van der Waals surface area contributed by atoms with Crippen LogP contribution >= 0.6 is 11.8 Å². The summed E-state index contributed by atoms with van der Waals surface area (Å²) in [6, 6.07) is 4.80. The Balaban J connectivity index is 1.97. The van der Waals surface area contributed by atoms with Gasteiger partial charge in [-0.1, -0.05) is 6.07 Å². The van der Waals surface area contributed by atoms with Gasteiger partial charge < -0.3 is 16.2 Å². The van der Waals surface area contributed by atoms with Gasteiger partial charge in [0.05, 0.1) is 11.3 Å². The number of phenolic OH excluding ortho intramolecular Hbond substituents is 1. The minimum Gasteiger partial charge on any atom is -0.505 e. The highest BCUT2D eigenvalue weighted by molar-refractivity contribution is 8.00. The molecular weight excluding hydrogens is 236 g/mol. The summed E-state index contributed by atoms with van der Waals surface area (Å²) in [7, 11) is 0. The molecule has 1 amide bonds. The van der Waals surface area contributed by atoms with Crippen LogP contribution in [0.5, 0.6) is 5.75 Å². The number of nitrogens with two attached hydrogens (primary N) is 1. The Morgan fingerprint density at radius 3 is 3.12 bits per heavy atom. The number of hydrogen-bond donors (Lipinski definition) is 3. The molecule has 1 fully saturated rings. The molecule has 17 heavy (non-hydrogen) atoms. The van der Waals surface area contributed by atoms with Crippen LogP contribution in [0.2, 0.25) is 0 Å². The normalized spacial score (nSPS) is 19.2. The molecular formula is C12H16N2O2S. The van der Waals surface area contributed by atoms with E-state index in [0.717, 1.165) is 6.42 Å². The van der Waals surface area contributed by atoms with Crippen molar-refractivity contribution in [2.45, 2.75) is 18.1 Å². The zero-order valence-electron chi connectivity index (χ0n) is 9.48. The predicted octanol–water partition coefficient (Wildman–Crippen LogP) is 1.60. The average Bonchev–Trinajstić information content (AvgIpc) is 2.82. The van der Waals surface area contributed by atoms with E-state index in [0.29, 0.717) is 11.8 Å². The molecule has 1 aliphatic heterocycles. The summed E-state index contributed by atoms with van der Waals surface area (Å²) in [6.45, 7) is 0.651. The van der Waals surface area contributed by atoms with E-state index >= 15 is 0 Å². The molecule has 5 heteroatoms. The van der Waals surface area contributed by atoms with Gasteiger partial charge in [-0.2, -0.15) is 11.8 Å². The van der Waals surface area contributed by atoms with Gasteiger partial charge in [0.1, 0.15) is 0 Å². The van der Waals surface area contributed by atoms with E-state index in [1.807, 2.05) is 11.8 Å². The number of benzene rings is 1. The minimum atomic E-state index is -0.262. The first-order valence-corrected chi connectivity index (χ1v) is 6.70. The van der Waals surface area contributed by atoms with Crippen molar-refractivity contribution in [3.63, 3.8) is 0 Å². The van der Waals surface area contributed by atoms with E-state index in [9.17, 15) is 9.90 Å². The van der Waals surface area contributed by atoms with E-state index < -0.39 is 0 Å². The number of nitrogens with one attached hydrogen (secondary N) is 1. The van der Waals surface area contributed by atoms with Crippen molar-refractivity contribution in [1.29, 1.82) is 0 Å². The lowest BCUT2D eigenvalue weighted by Gasteiger charge is -2.11. The first-order chi connectivity index (χ1) is 8.18. The molecule has 1 unspecified atom stereocenters. The predicted molar refractivity (Wildman–Crippen MR) is 70.3 cm³/mol. The third-order valence-electron chi connectivity index (χ3n) is 2.83. The molecule has 1 atom stereocenters. The Morgan fingerprint density at radius 2 is 2.41 bits per heavy atom. The summed E-state index contributed by atoms with van der Waals surface area (Å²) < 4.78 is 0. The van der Waals surface area contributed by atoms with Gasteiger partial charge in [-0.3, -0.25) is 4.79 Å². The zero-order valence-corrected chi connectivity index (χ0v) is 10.3. The van der Waals surface area contributed by atoms with Crippen molar-refractivity contribution in [2.24, 2.45) is 0 Å². The van der Waals surface area contributed by atoms with Gasteiger partial charge in [0.2, 0.25) is 0 Å². The second kappa shape index (κ2) is 5.31. The van der Waals surface area contributed by atoms with E-state index in [4.69, 9.17) is 5.73 Å². The lowest BCUT2D eigenvalue weighted by molar-refractivity contribution is 0.0951. The van der Waals surface area contributed by atoms with E-state index in [-0.39, 0.29) is 22.9 Å². The molecule has 0 aliphatic carbocycles. The quantitative estimate of drug-likeness (QED) is 0.564. The number of para-hydroxylation sites is 1. The molecule has 0 spiro atoms. The highest BCUT2D eigenvalue weighted by Crippen LogP contribution is 2.26. The van der Waals surface area contributed by atoms with Crippen LogP contribution in [0.15, 0.2) is 18.2 Å². The van der Waals surface area contributed by atoms with Gasteiger partial charge in [-0.25, -0.2) is 0 Å². The van der Waals surface area contributed by atoms with Crippen molar-refractivity contribution in [3.8, 4) is 5.75 Å². The number of anilines is 1. The van der Waals surface area contributed by atoms with Crippen LogP contribution in [0.4, 0.5) is 5.69 Å². The number of rotatable bonds is 3. The second-order valence-corrected chi connectivity index (χ2v) is 5.50. The van der Waals surface area contributed by atoms with Gasteiger partial charge in [0.15, 0.2) is 5.75 Å². The van der Waals surface area contributed by atoms with Gasteiger partial charge in [0.25, 0.3) is 5.91 Å². The van der Waals surface area contributed by atoms with Crippen molar-refractivity contribution in [2.75, 3.05) is 18.0 Å². The number of aromatic hydroxyl groups is 1. The molecule has 1 aromatic carbocycles. The topological polar surface area (TPSA) is 75.4 Å². The highest BCUT2D eigenvalue weighted by Gasteiger charge is 2.18. The first-order valence-electron chi connectivity index (χ1n) is 5.65. The maximum Gasteiger partial charge on any atom is 0.255 e. The number of nitrogen functional groups attached to an aromatic ring is 1. The van der Waals surface area contributed by atoms with Gasteiger partial charge >= 0.3 is 0 Å². The fourth-order valence-corrected chi connectivity index (χ4v) is 3.05. The summed E-state index contributed by atoms with van der Waals surface area (Å²) in [5.41, 5.74) is 6.02. The zero-order chi connectivity index (χ0) is 12.3. The summed E-state index contributed by atoms with van der Waals surface area (Å²) in [5.74, 6) is 0.774. The molecule has 92 valence electrons. The van der Waals surface area contributed by atoms with Crippen LogP contribution in [-0.4, -0.2) is 28.6 Å². The Morgan fingerprint density at radius 1 is 1.59 bits per heavy atom. The highest BCUT2D eigenvalue weighted by atomic mass is 32.2. The molecule has 0 radical (unpaired) electrons. The molecule has 1 aliphatic rings. The lowest BCUT2D eigenvalue weighted by atomic mass is 10.1. The second-order valence-electron chi connectivity index (χ2n) is 4.09. The standard InChI is InChI=1S/C12H16N2O2S/c13-10-5-1-4-9(11(10)15)12(16)14-7-8-3-2-6-17-8/h1,4-5,8,15H,2-3,6-7,13H2,(H,14,16). The summed E-state index contributed by atoms with van der Waals surface area (Å²) in [6.07, 6.45) is 2.36. The van der Waals surface area contributed by atoms with E-state index in [2.05, 4.69) is 5.32 Å². The summed E-state index contributed by atoms with van der Waals surface area (Å²) in [4.78, 5) is 11.8. The van der Waals surface area contributed by atoms with Crippen molar-refractivity contribution in [3.05, 3.63) is 23.8 Å². The molecule has 4 N–H and O–H groups in total. The molecule has 0 saturated carbocycles. The van der Waals surface area contributed by atoms with Crippen LogP contribution in [0.1, 0.15) is 23.2 Å². The van der Waals surface area contributed by atoms with Crippen molar-refractivity contribution >= 4 is 23.4 Å². The van der Waals surface area contributed by atoms with Crippen LogP contribution in [-0.2, 0) is 0 Å². The maximum absolute atomic E-state index is 11.8. The van der Waals surface area contributed by atoms with Crippen LogP contribution in [0.3, 0.4) is 0 Å². The van der Waals surface area contributed by atoms with Crippen LogP contribution in [0.25, 0.3) is 0 Å². The van der Waals surface area contributed by atoms with Crippen LogP contribution < -0.4 is 11.1 Å². The van der Waals surface area contributed by atoms with E-state index in [1.54, 1.807) is 18.2 Å². The fraction of sp³-hybridized carbons (Fsp3) is 0.417. The molecule has 1 heterocycles. The molecule has 4 nitrogen and oxygen atoms in total. The molecule has 2 rings (SSSR count). The number of carbonyl (C=O) groups excluding carboxylic acids is 1. The average molecular weight is 252 g/mol. The molecule has 0 bridgehead atoms. The van der Waals surface area contributed by atoms with Gasteiger partial charge in [0, 0.05) is 11.8 Å². The monoisotopic (exact) mass is 252 g/mol. The Hall–Kier alpha value is -1.36. The molecule has 0 aromatic heterocycles. The largest absolute Gasteiger partial charge is 0.505 e. The van der Waals surface area contributed by atoms with Gasteiger partial charge in [-0.05, 0) is 30.7 Å². The Kier molecular flexibility index (Phi) is 3.78. The number of phenols is 1. The molecule has 1 saturated heterocycles. The number of hydrogen-bond acceptors (Lipinski definition) is 4. The van der Waals surface area contributed by atoms with Crippen LogP contribution in [0, 0.1) is 0 Å². The van der Waals surface area contributed by atoms with Gasteiger partial charge in [-0.15, -0.1) is 0 Å². The minimum absolute atomic E-state index is 0.135. The number of carbonyl (C=O) groups is 1. The Labute approximate surface area is 105 Å². The number of thioether (sulfide) groups is 1. The fourth-order valence-electron chi connectivity index (χ4n) is 1.85. The first kappa shape index (κ1) is 12.1. The third kappa shape index (κ3) is 2.85. The molecule has 1 aromatic rings. The summed E-state index contributed by atoms with van der Waals surface area (Å²) in [5, 5.41) is 13.0.